The molecule has 0 spiro atoms. The lowest BCUT2D eigenvalue weighted by Crippen LogP contribution is -2.04. The largest absolute Gasteiger partial charge is 0.464 e. The van der Waals surface area contributed by atoms with Crippen LogP contribution in [0, 0.1) is 17.5 Å². The molecule has 0 radical (unpaired) electrons. The molecule has 0 saturated heterocycles. The summed E-state index contributed by atoms with van der Waals surface area (Å²) in [6.45, 7) is 0. The van der Waals surface area contributed by atoms with E-state index in [1.165, 1.54) is 19.2 Å². The number of esters is 1. The number of hydrogen-bond donors (Lipinski definition) is 0. The molecule has 0 aliphatic heterocycles. The molecule has 3 rings (SSSR count). The number of carbonyl (C=O) groups is 1. The Morgan fingerprint density at radius 2 is 1.74 bits per heavy atom. The van der Waals surface area contributed by atoms with Gasteiger partial charge in [-0.2, -0.15) is 0 Å². The second-order valence-electron chi connectivity index (χ2n) is 4.81. The third kappa shape index (κ3) is 2.63. The van der Waals surface area contributed by atoms with Gasteiger partial charge < -0.3 is 4.74 Å². The third-order valence-corrected chi connectivity index (χ3v) is 3.39. The maximum Gasteiger partial charge on any atom is 0.356 e. The Bertz CT molecular complexity index is 902. The smallest absolute Gasteiger partial charge is 0.356 e. The Morgan fingerprint density at radius 1 is 1.04 bits per heavy atom. The van der Waals surface area contributed by atoms with E-state index in [2.05, 4.69) is 9.72 Å². The van der Waals surface area contributed by atoms with Crippen LogP contribution in [0.5, 0.6) is 0 Å². The van der Waals surface area contributed by atoms with Crippen LogP contribution in [0.15, 0.2) is 42.5 Å². The van der Waals surface area contributed by atoms with Crippen molar-refractivity contribution < 1.29 is 22.7 Å². The molecule has 3 aromatic rings. The van der Waals surface area contributed by atoms with E-state index in [9.17, 15) is 18.0 Å². The van der Waals surface area contributed by atoms with Crippen LogP contribution in [0.4, 0.5) is 13.2 Å². The monoisotopic (exact) mass is 317 g/mol. The molecule has 0 unspecified atom stereocenters. The van der Waals surface area contributed by atoms with Crippen molar-refractivity contribution in [2.24, 2.45) is 0 Å². The lowest BCUT2D eigenvalue weighted by molar-refractivity contribution is 0.0594. The maximum absolute atomic E-state index is 14.1. The molecule has 3 nitrogen and oxygen atoms in total. The lowest BCUT2D eigenvalue weighted by atomic mass is 10.0. The van der Waals surface area contributed by atoms with Crippen LogP contribution in [0.25, 0.3) is 22.0 Å². The summed E-state index contributed by atoms with van der Waals surface area (Å²) >= 11 is 0. The molecule has 0 N–H and O–H groups in total. The number of carbonyl (C=O) groups excluding carboxylic acids is 1. The summed E-state index contributed by atoms with van der Waals surface area (Å²) in [4.78, 5) is 15.7. The van der Waals surface area contributed by atoms with Gasteiger partial charge in [-0.15, -0.1) is 0 Å². The minimum Gasteiger partial charge on any atom is -0.464 e. The zero-order chi connectivity index (χ0) is 16.6. The van der Waals surface area contributed by atoms with Gasteiger partial charge in [0, 0.05) is 23.1 Å². The van der Waals surface area contributed by atoms with Crippen LogP contribution in [-0.4, -0.2) is 18.1 Å². The van der Waals surface area contributed by atoms with E-state index >= 15 is 0 Å². The number of ether oxygens (including phenoxy) is 1. The van der Waals surface area contributed by atoms with E-state index < -0.39 is 29.0 Å². The van der Waals surface area contributed by atoms with Gasteiger partial charge >= 0.3 is 5.97 Å². The quantitative estimate of drug-likeness (QED) is 0.668. The Morgan fingerprint density at radius 3 is 2.39 bits per heavy atom. The van der Waals surface area contributed by atoms with Gasteiger partial charge in [0.1, 0.15) is 23.1 Å². The van der Waals surface area contributed by atoms with Crippen molar-refractivity contribution in [3.63, 3.8) is 0 Å². The SMILES string of the molecule is COC(=O)c1ccc2cccc(-c3c(F)cc(F)cc3F)c2n1. The highest BCUT2D eigenvalue weighted by molar-refractivity contribution is 5.97. The van der Waals surface area contributed by atoms with Gasteiger partial charge in [0.05, 0.1) is 18.2 Å². The third-order valence-electron chi connectivity index (χ3n) is 3.39. The van der Waals surface area contributed by atoms with Gasteiger partial charge in [-0.3, -0.25) is 0 Å². The van der Waals surface area contributed by atoms with Crippen molar-refractivity contribution in [1.82, 2.24) is 4.98 Å². The first kappa shape index (κ1) is 15.0. The standard InChI is InChI=1S/C17H10F3NO2/c1-23-17(22)14-6-5-9-3-2-4-11(16(9)21-14)15-12(19)7-10(18)8-13(15)20/h2-8H,1H3. The minimum absolute atomic E-state index is 0.00961. The molecule has 0 amide bonds. The van der Waals surface area contributed by atoms with Gasteiger partial charge in [-0.25, -0.2) is 22.9 Å². The number of hydrogen-bond acceptors (Lipinski definition) is 3. The minimum atomic E-state index is -1.04. The van der Waals surface area contributed by atoms with Crippen LogP contribution in [0.2, 0.25) is 0 Å². The fourth-order valence-electron chi connectivity index (χ4n) is 2.37. The van der Waals surface area contributed by atoms with Crippen molar-refractivity contribution in [3.05, 3.63) is 65.6 Å². The molecule has 1 aromatic heterocycles. The fourth-order valence-corrected chi connectivity index (χ4v) is 2.37. The Kier molecular flexibility index (Phi) is 3.73. The fraction of sp³-hybridized carbons (Fsp3) is 0.0588. The van der Waals surface area contributed by atoms with E-state index in [1.807, 2.05) is 0 Å². The first-order valence-electron chi connectivity index (χ1n) is 6.64. The van der Waals surface area contributed by atoms with Crippen LogP contribution in [0.3, 0.4) is 0 Å². The highest BCUT2D eigenvalue weighted by Gasteiger charge is 2.18. The van der Waals surface area contributed by atoms with Crippen molar-refractivity contribution in [2.75, 3.05) is 7.11 Å². The van der Waals surface area contributed by atoms with Gasteiger partial charge in [0.15, 0.2) is 0 Å². The number of benzene rings is 2. The molecular weight excluding hydrogens is 307 g/mol. The molecule has 0 aliphatic rings. The molecule has 23 heavy (non-hydrogen) atoms. The summed E-state index contributed by atoms with van der Waals surface area (Å²) in [5.41, 5.74) is -0.0371. The summed E-state index contributed by atoms with van der Waals surface area (Å²) < 4.78 is 45.8. The molecule has 0 atom stereocenters. The molecule has 0 aliphatic carbocycles. The van der Waals surface area contributed by atoms with Gasteiger partial charge in [-0.05, 0) is 6.07 Å². The highest BCUT2D eigenvalue weighted by Crippen LogP contribution is 2.32. The summed E-state index contributed by atoms with van der Waals surface area (Å²) in [5.74, 6) is -3.76. The topological polar surface area (TPSA) is 39.2 Å². The summed E-state index contributed by atoms with van der Waals surface area (Å²) in [6.07, 6.45) is 0. The molecule has 2 aromatic carbocycles. The normalized spacial score (nSPS) is 10.8. The Labute approximate surface area is 129 Å². The summed E-state index contributed by atoms with van der Waals surface area (Å²) in [6, 6.07) is 8.98. The molecule has 0 saturated carbocycles. The first-order valence-corrected chi connectivity index (χ1v) is 6.64. The molecule has 6 heteroatoms. The molecular formula is C17H10F3NO2. The van der Waals surface area contributed by atoms with E-state index in [-0.39, 0.29) is 16.8 Å². The zero-order valence-corrected chi connectivity index (χ0v) is 11.9. The second-order valence-corrected chi connectivity index (χ2v) is 4.81. The highest BCUT2D eigenvalue weighted by atomic mass is 19.1. The predicted octanol–water partition coefficient (Wildman–Crippen LogP) is 4.11. The number of rotatable bonds is 2. The summed E-state index contributed by atoms with van der Waals surface area (Å²) in [7, 11) is 1.21. The van der Waals surface area contributed by atoms with E-state index in [0.717, 1.165) is 0 Å². The average molecular weight is 317 g/mol. The molecule has 116 valence electrons. The first-order chi connectivity index (χ1) is 11.0. The van der Waals surface area contributed by atoms with Gasteiger partial charge in [0.2, 0.25) is 0 Å². The van der Waals surface area contributed by atoms with Crippen LogP contribution in [0.1, 0.15) is 10.5 Å². The average Bonchev–Trinajstić information content (AvgIpc) is 2.53. The number of pyridine rings is 1. The molecule has 0 fully saturated rings. The van der Waals surface area contributed by atoms with Crippen molar-refractivity contribution >= 4 is 16.9 Å². The summed E-state index contributed by atoms with van der Waals surface area (Å²) in [5, 5.41) is 0.582. The number of nitrogens with zero attached hydrogens (tertiary/aromatic N) is 1. The van der Waals surface area contributed by atoms with Crippen molar-refractivity contribution in [2.45, 2.75) is 0 Å². The van der Waals surface area contributed by atoms with Crippen molar-refractivity contribution in [1.29, 1.82) is 0 Å². The number of fused-ring (bicyclic) bond motifs is 1. The zero-order valence-electron chi connectivity index (χ0n) is 11.9. The van der Waals surface area contributed by atoms with Crippen LogP contribution < -0.4 is 0 Å². The lowest BCUT2D eigenvalue weighted by Gasteiger charge is -2.09. The van der Waals surface area contributed by atoms with E-state index in [4.69, 9.17) is 0 Å². The maximum atomic E-state index is 14.1. The Balaban J connectivity index is 2.32. The number of halogens is 3. The van der Waals surface area contributed by atoms with E-state index in [0.29, 0.717) is 17.5 Å². The number of para-hydroxylation sites is 1. The molecule has 1 heterocycles. The van der Waals surface area contributed by atoms with Crippen molar-refractivity contribution in [3.8, 4) is 11.1 Å². The van der Waals surface area contributed by atoms with E-state index in [1.54, 1.807) is 18.2 Å². The number of aromatic nitrogens is 1. The van der Waals surface area contributed by atoms with Crippen LogP contribution >= 0.6 is 0 Å². The predicted molar refractivity (Wildman–Crippen MR) is 78.4 cm³/mol. The molecule has 0 bridgehead atoms. The number of methoxy groups -OCH3 is 1. The Hall–Kier alpha value is -2.89. The van der Waals surface area contributed by atoms with Crippen LogP contribution in [-0.2, 0) is 4.74 Å². The van der Waals surface area contributed by atoms with Gasteiger partial charge in [0.25, 0.3) is 0 Å². The van der Waals surface area contributed by atoms with Gasteiger partial charge in [-0.1, -0.05) is 24.3 Å². The second kappa shape index (κ2) is 5.72.